The maximum absolute atomic E-state index is 11.8. The number of imide groups is 1. The lowest BCUT2D eigenvalue weighted by Crippen LogP contribution is -2.43. The van der Waals surface area contributed by atoms with Crippen molar-refractivity contribution < 1.29 is 9.59 Å². The Labute approximate surface area is 95.1 Å². The molecule has 84 valence electrons. The predicted octanol–water partition coefficient (Wildman–Crippen LogP) is 1.62. The topological polar surface area (TPSA) is 37.4 Å². The molecule has 1 aliphatic rings. The minimum Gasteiger partial charge on any atom is -0.286 e. The number of piperidine rings is 1. The van der Waals surface area contributed by atoms with Crippen molar-refractivity contribution in [2.24, 2.45) is 5.92 Å². The normalized spacial score (nSPS) is 21.3. The largest absolute Gasteiger partial charge is 0.286 e. The second-order valence-corrected chi connectivity index (χ2v) is 4.22. The number of carbonyl (C=O) groups excluding carboxylic acids is 2. The molecule has 1 fully saturated rings. The summed E-state index contributed by atoms with van der Waals surface area (Å²) in [4.78, 5) is 24.4. The van der Waals surface area contributed by atoms with Crippen molar-refractivity contribution >= 4 is 11.8 Å². The fourth-order valence-corrected chi connectivity index (χ4v) is 2.07. The molecule has 0 saturated carbocycles. The van der Waals surface area contributed by atoms with Crippen LogP contribution in [-0.4, -0.2) is 23.8 Å². The van der Waals surface area contributed by atoms with Crippen LogP contribution < -0.4 is 0 Å². The van der Waals surface area contributed by atoms with E-state index < -0.39 is 0 Å². The van der Waals surface area contributed by atoms with E-state index in [-0.39, 0.29) is 17.7 Å². The van der Waals surface area contributed by atoms with Gasteiger partial charge >= 0.3 is 0 Å². The van der Waals surface area contributed by atoms with Crippen LogP contribution in [0.4, 0.5) is 0 Å². The van der Waals surface area contributed by atoms with Crippen molar-refractivity contribution in [3.05, 3.63) is 35.9 Å². The summed E-state index contributed by atoms with van der Waals surface area (Å²) in [5, 5.41) is 0. The van der Waals surface area contributed by atoms with E-state index >= 15 is 0 Å². The van der Waals surface area contributed by atoms with Crippen LogP contribution in [0.3, 0.4) is 0 Å². The zero-order valence-corrected chi connectivity index (χ0v) is 9.35. The second-order valence-electron chi connectivity index (χ2n) is 4.22. The number of benzene rings is 1. The van der Waals surface area contributed by atoms with Gasteiger partial charge in [-0.1, -0.05) is 30.3 Å². The van der Waals surface area contributed by atoms with Gasteiger partial charge in [-0.15, -0.1) is 0 Å². The second kappa shape index (κ2) is 4.47. The third-order valence-corrected chi connectivity index (χ3v) is 3.09. The van der Waals surface area contributed by atoms with Crippen LogP contribution >= 0.6 is 0 Å². The van der Waals surface area contributed by atoms with Crippen molar-refractivity contribution in [2.45, 2.75) is 19.3 Å². The Kier molecular flexibility index (Phi) is 3.04. The summed E-state index contributed by atoms with van der Waals surface area (Å²) in [7, 11) is 1.57. The van der Waals surface area contributed by atoms with Crippen molar-refractivity contribution in [1.82, 2.24) is 4.90 Å². The Morgan fingerprint density at radius 3 is 2.62 bits per heavy atom. The molecule has 1 atom stereocenters. The highest BCUT2D eigenvalue weighted by Crippen LogP contribution is 2.21. The van der Waals surface area contributed by atoms with Gasteiger partial charge < -0.3 is 0 Å². The van der Waals surface area contributed by atoms with Crippen LogP contribution in [0.25, 0.3) is 0 Å². The molecule has 0 radical (unpaired) electrons. The zero-order chi connectivity index (χ0) is 11.5. The molecular formula is C13H15NO2. The van der Waals surface area contributed by atoms with Crippen LogP contribution in [0, 0.1) is 5.92 Å². The molecule has 0 bridgehead atoms. The smallest absolute Gasteiger partial charge is 0.232 e. The Morgan fingerprint density at radius 1 is 1.25 bits per heavy atom. The zero-order valence-electron chi connectivity index (χ0n) is 9.35. The van der Waals surface area contributed by atoms with Gasteiger partial charge in [0.05, 0.1) is 0 Å². The van der Waals surface area contributed by atoms with Gasteiger partial charge in [0.15, 0.2) is 0 Å². The Hall–Kier alpha value is -1.64. The maximum atomic E-state index is 11.8. The van der Waals surface area contributed by atoms with Gasteiger partial charge in [-0.2, -0.15) is 0 Å². The molecule has 0 spiro atoms. The van der Waals surface area contributed by atoms with Crippen LogP contribution in [0.1, 0.15) is 18.4 Å². The number of hydrogen-bond donors (Lipinski definition) is 0. The van der Waals surface area contributed by atoms with Gasteiger partial charge in [0.1, 0.15) is 0 Å². The van der Waals surface area contributed by atoms with Gasteiger partial charge in [-0.05, 0) is 18.4 Å². The molecule has 0 aliphatic carbocycles. The molecule has 2 rings (SSSR count). The van der Waals surface area contributed by atoms with Gasteiger partial charge in [-0.25, -0.2) is 0 Å². The number of rotatable bonds is 2. The molecule has 3 heteroatoms. The minimum absolute atomic E-state index is 0.0369. The third kappa shape index (κ3) is 2.13. The van der Waals surface area contributed by atoms with E-state index in [0.717, 1.165) is 12.0 Å². The average molecular weight is 217 g/mol. The lowest BCUT2D eigenvalue weighted by molar-refractivity contribution is -0.149. The lowest BCUT2D eigenvalue weighted by Gasteiger charge is -2.27. The standard InChI is InChI=1S/C13H15NO2/c1-14-12(15)8-7-11(13(14)16)9-10-5-3-2-4-6-10/h2-6,11H,7-9H2,1H3/t11-/m1/s1. The SMILES string of the molecule is CN1C(=O)CC[C@H](Cc2ccccc2)C1=O. The Bertz CT molecular complexity index is 400. The molecule has 2 amide bonds. The summed E-state index contributed by atoms with van der Waals surface area (Å²) in [6.45, 7) is 0. The van der Waals surface area contributed by atoms with Gasteiger partial charge in [-0.3, -0.25) is 14.5 Å². The summed E-state index contributed by atoms with van der Waals surface area (Å²) in [6, 6.07) is 9.93. The fraction of sp³-hybridized carbons (Fsp3) is 0.385. The highest BCUT2D eigenvalue weighted by atomic mass is 16.2. The fourth-order valence-electron chi connectivity index (χ4n) is 2.07. The molecule has 3 nitrogen and oxygen atoms in total. The minimum atomic E-state index is -0.0608. The van der Waals surface area contributed by atoms with Gasteiger partial charge in [0, 0.05) is 19.4 Å². The van der Waals surface area contributed by atoms with Crippen LogP contribution in [0.5, 0.6) is 0 Å². The summed E-state index contributed by atoms with van der Waals surface area (Å²) in [5.74, 6) is -0.139. The van der Waals surface area contributed by atoms with Crippen molar-refractivity contribution in [1.29, 1.82) is 0 Å². The first kappa shape index (κ1) is 10.9. The molecule has 0 N–H and O–H groups in total. The maximum Gasteiger partial charge on any atom is 0.232 e. The number of hydrogen-bond acceptors (Lipinski definition) is 2. The van der Waals surface area contributed by atoms with Gasteiger partial charge in [0.2, 0.25) is 11.8 Å². The van der Waals surface area contributed by atoms with Crippen molar-refractivity contribution in [3.63, 3.8) is 0 Å². The van der Waals surface area contributed by atoms with Crippen molar-refractivity contribution in [2.75, 3.05) is 7.05 Å². The summed E-state index contributed by atoms with van der Waals surface area (Å²) in [6.07, 6.45) is 1.90. The number of likely N-dealkylation sites (tertiary alicyclic amines) is 1. The Balaban J connectivity index is 2.06. The van der Waals surface area contributed by atoms with E-state index in [1.807, 2.05) is 30.3 Å². The molecule has 1 aromatic carbocycles. The first-order chi connectivity index (χ1) is 7.68. The lowest BCUT2D eigenvalue weighted by atomic mass is 9.90. The van der Waals surface area contributed by atoms with Crippen LogP contribution in [-0.2, 0) is 16.0 Å². The van der Waals surface area contributed by atoms with E-state index in [2.05, 4.69) is 0 Å². The molecular weight excluding hydrogens is 202 g/mol. The number of nitrogens with zero attached hydrogens (tertiary/aromatic N) is 1. The van der Waals surface area contributed by atoms with E-state index in [4.69, 9.17) is 0 Å². The molecule has 1 aromatic rings. The molecule has 0 aromatic heterocycles. The van der Waals surface area contributed by atoms with Crippen LogP contribution in [0.2, 0.25) is 0 Å². The average Bonchev–Trinajstić information content (AvgIpc) is 2.31. The number of amides is 2. The molecule has 1 aliphatic heterocycles. The monoisotopic (exact) mass is 217 g/mol. The molecule has 0 unspecified atom stereocenters. The first-order valence-corrected chi connectivity index (χ1v) is 5.53. The highest BCUT2D eigenvalue weighted by Gasteiger charge is 2.31. The van der Waals surface area contributed by atoms with E-state index in [0.29, 0.717) is 12.8 Å². The van der Waals surface area contributed by atoms with Gasteiger partial charge in [0.25, 0.3) is 0 Å². The first-order valence-electron chi connectivity index (χ1n) is 5.53. The summed E-state index contributed by atoms with van der Waals surface area (Å²) >= 11 is 0. The quantitative estimate of drug-likeness (QED) is 0.706. The van der Waals surface area contributed by atoms with E-state index in [1.54, 1.807) is 7.05 Å². The molecule has 16 heavy (non-hydrogen) atoms. The summed E-state index contributed by atoms with van der Waals surface area (Å²) < 4.78 is 0. The van der Waals surface area contributed by atoms with Crippen LogP contribution in [0.15, 0.2) is 30.3 Å². The van der Waals surface area contributed by atoms with Crippen molar-refractivity contribution in [3.8, 4) is 0 Å². The molecule has 1 heterocycles. The molecule has 1 saturated heterocycles. The predicted molar refractivity (Wildman–Crippen MR) is 60.6 cm³/mol. The highest BCUT2D eigenvalue weighted by molar-refractivity contribution is 5.98. The summed E-state index contributed by atoms with van der Waals surface area (Å²) in [5.41, 5.74) is 1.16. The van der Waals surface area contributed by atoms with E-state index in [1.165, 1.54) is 4.90 Å². The Morgan fingerprint density at radius 2 is 1.94 bits per heavy atom. The number of carbonyl (C=O) groups is 2. The third-order valence-electron chi connectivity index (χ3n) is 3.09. The van der Waals surface area contributed by atoms with E-state index in [9.17, 15) is 9.59 Å².